The molecule has 6 aromatic rings. The van der Waals surface area contributed by atoms with Gasteiger partial charge in [-0.1, -0.05) is 109 Å². The first-order chi connectivity index (χ1) is 21.8. The van der Waals surface area contributed by atoms with Crippen molar-refractivity contribution in [1.82, 2.24) is 14.5 Å². The molecule has 6 rings (SSSR count). The number of methoxy groups -OCH3 is 1. The predicted octanol–water partition coefficient (Wildman–Crippen LogP) is 6.31. The Hall–Kier alpha value is -5.40. The molecule has 0 saturated carbocycles. The van der Waals surface area contributed by atoms with Crippen molar-refractivity contribution < 1.29 is 14.6 Å². The zero-order valence-electron chi connectivity index (χ0n) is 25.5. The number of aryl methyl sites for hydroxylation is 1. The number of ether oxygens (including phenoxy) is 1. The average molecular weight is 598 g/mol. The van der Waals surface area contributed by atoms with E-state index in [1.165, 1.54) is 0 Å². The number of para-hydroxylation sites is 1. The van der Waals surface area contributed by atoms with Gasteiger partial charge in [-0.25, -0.2) is 4.79 Å². The van der Waals surface area contributed by atoms with Gasteiger partial charge in [0.1, 0.15) is 16.8 Å². The number of benzene rings is 5. The fourth-order valence-corrected chi connectivity index (χ4v) is 6.30. The van der Waals surface area contributed by atoms with E-state index in [2.05, 4.69) is 5.32 Å². The molecule has 1 atom stereocenters. The van der Waals surface area contributed by atoms with Crippen LogP contribution in [0.3, 0.4) is 0 Å². The number of aromatic nitrogens is 2. The summed E-state index contributed by atoms with van der Waals surface area (Å²) in [6, 6.07) is 42.9. The second kappa shape index (κ2) is 11.9. The van der Waals surface area contributed by atoms with Gasteiger partial charge in [0.05, 0.1) is 23.9 Å². The van der Waals surface area contributed by atoms with Crippen LogP contribution in [0.4, 0.5) is 0 Å². The number of hydrogen-bond donors (Lipinski definition) is 2. The Morgan fingerprint density at radius 3 is 1.73 bits per heavy atom. The number of carboxylic acid groups (broad SMARTS) is 1. The lowest BCUT2D eigenvalue weighted by molar-refractivity contribution is -0.144. The summed E-state index contributed by atoms with van der Waals surface area (Å²) in [5.41, 5.74) is 3.11. The SMILES string of the molecule is COc1cccc2c1n(-c1ccc(CC(C)(NC(c3ccccc3)(c3ccccc3)c3ccccc3)C(=O)O)cc1)c(=O)n2C. The van der Waals surface area contributed by atoms with Gasteiger partial charge in [-0.15, -0.1) is 0 Å². The number of imidazole rings is 1. The second-order valence-corrected chi connectivity index (χ2v) is 11.5. The third-order valence-corrected chi connectivity index (χ3v) is 8.57. The van der Waals surface area contributed by atoms with Gasteiger partial charge in [-0.3, -0.25) is 19.2 Å². The number of hydrogen-bond acceptors (Lipinski definition) is 4. The van der Waals surface area contributed by atoms with Crippen molar-refractivity contribution in [1.29, 1.82) is 0 Å². The highest BCUT2D eigenvalue weighted by Crippen LogP contribution is 2.39. The van der Waals surface area contributed by atoms with Crippen LogP contribution in [0.25, 0.3) is 16.7 Å². The van der Waals surface area contributed by atoms with Crippen LogP contribution < -0.4 is 15.7 Å². The Balaban J connectivity index is 1.44. The first kappa shape index (κ1) is 29.7. The van der Waals surface area contributed by atoms with Crippen molar-refractivity contribution in [3.8, 4) is 11.4 Å². The third-order valence-electron chi connectivity index (χ3n) is 8.57. The van der Waals surface area contributed by atoms with E-state index in [0.717, 1.165) is 27.8 Å². The van der Waals surface area contributed by atoms with Crippen LogP contribution in [0, 0.1) is 0 Å². The highest BCUT2D eigenvalue weighted by molar-refractivity contribution is 5.84. The number of fused-ring (bicyclic) bond motifs is 1. The van der Waals surface area contributed by atoms with Crippen molar-refractivity contribution in [2.45, 2.75) is 24.4 Å². The van der Waals surface area contributed by atoms with E-state index in [1.54, 1.807) is 30.2 Å². The van der Waals surface area contributed by atoms with E-state index in [4.69, 9.17) is 4.74 Å². The molecule has 0 amide bonds. The number of nitrogens with zero attached hydrogens (tertiary/aromatic N) is 2. The smallest absolute Gasteiger partial charge is 0.333 e. The molecule has 7 heteroatoms. The summed E-state index contributed by atoms with van der Waals surface area (Å²) in [5.74, 6) is -0.384. The lowest BCUT2D eigenvalue weighted by atomic mass is 9.74. The van der Waals surface area contributed by atoms with Crippen molar-refractivity contribution in [2.75, 3.05) is 7.11 Å². The number of nitrogens with one attached hydrogen (secondary N) is 1. The van der Waals surface area contributed by atoms with Gasteiger partial charge in [0.2, 0.25) is 0 Å². The molecule has 5 aromatic carbocycles. The molecule has 0 aliphatic heterocycles. The minimum Gasteiger partial charge on any atom is -0.494 e. The van der Waals surface area contributed by atoms with Crippen LogP contribution in [0.1, 0.15) is 29.2 Å². The van der Waals surface area contributed by atoms with Crippen molar-refractivity contribution in [2.24, 2.45) is 7.05 Å². The third kappa shape index (κ3) is 5.21. The van der Waals surface area contributed by atoms with E-state index in [-0.39, 0.29) is 12.1 Å². The Kier molecular flexibility index (Phi) is 7.87. The Morgan fingerprint density at radius 2 is 1.27 bits per heavy atom. The van der Waals surface area contributed by atoms with Crippen molar-refractivity contribution >= 4 is 17.0 Å². The molecule has 226 valence electrons. The van der Waals surface area contributed by atoms with Gasteiger partial charge in [-0.05, 0) is 53.4 Å². The molecule has 0 spiro atoms. The van der Waals surface area contributed by atoms with E-state index in [9.17, 15) is 14.7 Å². The van der Waals surface area contributed by atoms with Crippen LogP contribution in [-0.4, -0.2) is 32.9 Å². The molecule has 0 bridgehead atoms. The molecular weight excluding hydrogens is 562 g/mol. The molecule has 7 nitrogen and oxygen atoms in total. The first-order valence-corrected chi connectivity index (χ1v) is 14.8. The Labute approximate surface area is 262 Å². The van der Waals surface area contributed by atoms with Gasteiger partial charge in [-0.2, -0.15) is 0 Å². The summed E-state index contributed by atoms with van der Waals surface area (Å²) >= 11 is 0. The Bertz CT molecular complexity index is 1900. The normalized spacial score (nSPS) is 13.0. The average Bonchev–Trinajstić information content (AvgIpc) is 3.34. The first-order valence-electron chi connectivity index (χ1n) is 14.8. The number of carboxylic acids is 1. The number of aliphatic carboxylic acids is 1. The molecule has 0 aliphatic rings. The quantitative estimate of drug-likeness (QED) is 0.181. The number of rotatable bonds is 10. The molecule has 0 fully saturated rings. The van der Waals surface area contributed by atoms with Gasteiger partial charge in [0.25, 0.3) is 0 Å². The van der Waals surface area contributed by atoms with Crippen LogP contribution in [0.5, 0.6) is 5.75 Å². The maximum atomic E-state index is 13.3. The summed E-state index contributed by atoms with van der Waals surface area (Å²) in [6.07, 6.45) is 0.185. The van der Waals surface area contributed by atoms with Crippen LogP contribution in [0.15, 0.2) is 138 Å². The summed E-state index contributed by atoms with van der Waals surface area (Å²) < 4.78 is 8.80. The summed E-state index contributed by atoms with van der Waals surface area (Å²) in [6.45, 7) is 1.73. The highest BCUT2D eigenvalue weighted by atomic mass is 16.5. The lowest BCUT2D eigenvalue weighted by Gasteiger charge is -2.43. The monoisotopic (exact) mass is 597 g/mol. The van der Waals surface area contributed by atoms with Crippen LogP contribution in [0.2, 0.25) is 0 Å². The molecule has 2 N–H and O–H groups in total. The predicted molar refractivity (Wildman–Crippen MR) is 177 cm³/mol. The fourth-order valence-electron chi connectivity index (χ4n) is 6.30. The molecular formula is C38H35N3O4. The highest BCUT2D eigenvalue weighted by Gasteiger charge is 2.45. The van der Waals surface area contributed by atoms with E-state index < -0.39 is 17.0 Å². The minimum atomic E-state index is -1.40. The van der Waals surface area contributed by atoms with Gasteiger partial charge >= 0.3 is 11.7 Å². The van der Waals surface area contributed by atoms with Crippen LogP contribution in [-0.2, 0) is 23.8 Å². The summed E-state index contributed by atoms with van der Waals surface area (Å²) in [7, 11) is 3.32. The van der Waals surface area contributed by atoms with Gasteiger partial charge in [0, 0.05) is 13.5 Å². The maximum Gasteiger partial charge on any atom is 0.333 e. The van der Waals surface area contributed by atoms with Crippen molar-refractivity contribution in [3.05, 3.63) is 166 Å². The summed E-state index contributed by atoms with van der Waals surface area (Å²) in [4.78, 5) is 26.5. The molecule has 1 unspecified atom stereocenters. The van der Waals surface area contributed by atoms with Gasteiger partial charge in [0.15, 0.2) is 0 Å². The van der Waals surface area contributed by atoms with E-state index >= 15 is 0 Å². The molecule has 0 radical (unpaired) electrons. The maximum absolute atomic E-state index is 13.3. The zero-order valence-corrected chi connectivity index (χ0v) is 25.5. The Morgan fingerprint density at radius 1 is 0.756 bits per heavy atom. The van der Waals surface area contributed by atoms with Gasteiger partial charge < -0.3 is 9.84 Å². The minimum absolute atomic E-state index is 0.185. The largest absolute Gasteiger partial charge is 0.494 e. The standard InChI is InChI=1S/C38H35N3O4/c1-37(35(42)43,26-27-22-24-31(25-23-27)41-34-32(40(2)36(41)44)20-13-21-33(34)45-3)39-38(28-14-7-4-8-15-28,29-16-9-5-10-17-29)30-18-11-6-12-19-30/h4-25,39H,26H2,1-3H3,(H,42,43). The summed E-state index contributed by atoms with van der Waals surface area (Å²) in [5, 5.41) is 14.5. The van der Waals surface area contributed by atoms with E-state index in [1.807, 2.05) is 133 Å². The van der Waals surface area contributed by atoms with Crippen molar-refractivity contribution in [3.63, 3.8) is 0 Å². The molecule has 0 aliphatic carbocycles. The molecule has 45 heavy (non-hydrogen) atoms. The van der Waals surface area contributed by atoms with E-state index in [0.29, 0.717) is 17.0 Å². The topological polar surface area (TPSA) is 85.5 Å². The molecule has 1 heterocycles. The van der Waals surface area contributed by atoms with Crippen LogP contribution >= 0.6 is 0 Å². The molecule has 0 saturated heterocycles. The zero-order chi connectivity index (χ0) is 31.6. The second-order valence-electron chi connectivity index (χ2n) is 11.5. The number of carbonyl (C=O) groups is 1. The lowest BCUT2D eigenvalue weighted by Crippen LogP contribution is -2.61. The molecule has 1 aromatic heterocycles. The fraction of sp³-hybridized carbons (Fsp3) is 0.158.